The molecule has 0 heterocycles. The molecule has 1 aliphatic rings. The molecule has 0 aromatic heterocycles. The van der Waals surface area contributed by atoms with Crippen LogP contribution in [0.2, 0.25) is 0 Å². The van der Waals surface area contributed by atoms with Gasteiger partial charge < -0.3 is 10.2 Å². The van der Waals surface area contributed by atoms with E-state index >= 15 is 0 Å². The highest BCUT2D eigenvalue weighted by atomic mass is 16.4. The summed E-state index contributed by atoms with van der Waals surface area (Å²) in [6.45, 7) is 11.2. The number of hydrogen-bond donors (Lipinski definition) is 2. The maximum atomic E-state index is 12.9. The van der Waals surface area contributed by atoms with Crippen LogP contribution in [0.25, 0.3) is 0 Å². The van der Waals surface area contributed by atoms with Crippen LogP contribution in [0.5, 0.6) is 0 Å². The van der Waals surface area contributed by atoms with E-state index in [0.717, 1.165) is 0 Å². The largest absolute Gasteiger partial charge is 0.390 e. The second kappa shape index (κ2) is 8.54. The maximum Gasteiger partial charge on any atom is 0.185 e. The summed E-state index contributed by atoms with van der Waals surface area (Å²) >= 11 is 0. The number of rotatable bonds is 9. The van der Waals surface area contributed by atoms with Crippen molar-refractivity contribution in [2.75, 3.05) is 0 Å². The van der Waals surface area contributed by atoms with Gasteiger partial charge in [-0.25, -0.2) is 0 Å². The molecule has 4 atom stereocenters. The van der Waals surface area contributed by atoms with Crippen molar-refractivity contribution >= 4 is 17.3 Å². The molecule has 1 fully saturated rings. The quantitative estimate of drug-likeness (QED) is 0.621. The van der Waals surface area contributed by atoms with Gasteiger partial charge in [-0.15, -0.1) is 0 Å². The number of hydrogen-bond acceptors (Lipinski definition) is 5. The average molecular weight is 354 g/mol. The van der Waals surface area contributed by atoms with Crippen LogP contribution in [-0.2, 0) is 14.4 Å². The Balaban J connectivity index is 3.20. The number of Topliss-reactive ketones (excluding diaryl/α,β-unsaturated/α-hetero) is 3. The minimum Gasteiger partial charge on any atom is -0.390 e. The molecule has 2 N–H and O–H groups in total. The lowest BCUT2D eigenvalue weighted by atomic mass is 9.78. The van der Waals surface area contributed by atoms with Crippen molar-refractivity contribution in [2.24, 2.45) is 29.6 Å². The molecule has 1 saturated carbocycles. The second-order valence-corrected chi connectivity index (χ2v) is 8.59. The van der Waals surface area contributed by atoms with E-state index in [1.54, 1.807) is 13.8 Å². The Morgan fingerprint density at radius 3 is 1.96 bits per heavy atom. The first-order valence-electron chi connectivity index (χ1n) is 9.46. The zero-order valence-electron chi connectivity index (χ0n) is 16.4. The van der Waals surface area contributed by atoms with Gasteiger partial charge in [-0.05, 0) is 31.1 Å². The van der Waals surface area contributed by atoms with E-state index < -0.39 is 46.8 Å². The SMILES string of the molecule is CC(C)CC[C@H](O)[C@]1(O)C(=O)C(C(=O)C(C)C)C(=O)[C@@H]1CCC(C)C. The summed E-state index contributed by atoms with van der Waals surface area (Å²) in [5.74, 6) is -4.10. The van der Waals surface area contributed by atoms with Crippen LogP contribution >= 0.6 is 0 Å². The van der Waals surface area contributed by atoms with Gasteiger partial charge in [0.15, 0.2) is 23.0 Å². The van der Waals surface area contributed by atoms with Gasteiger partial charge >= 0.3 is 0 Å². The van der Waals surface area contributed by atoms with Crippen LogP contribution in [-0.4, -0.2) is 39.3 Å². The Labute approximate surface area is 151 Å². The summed E-state index contributed by atoms with van der Waals surface area (Å²) in [4.78, 5) is 38.1. The number of aliphatic hydroxyl groups excluding tert-OH is 1. The van der Waals surface area contributed by atoms with Crippen LogP contribution in [0.15, 0.2) is 0 Å². The molecule has 5 nitrogen and oxygen atoms in total. The summed E-state index contributed by atoms with van der Waals surface area (Å²) in [7, 11) is 0. The van der Waals surface area contributed by atoms with E-state index in [1.165, 1.54) is 0 Å². The van der Waals surface area contributed by atoms with Crippen molar-refractivity contribution in [3.8, 4) is 0 Å². The summed E-state index contributed by atoms with van der Waals surface area (Å²) in [5, 5.41) is 21.7. The molecule has 144 valence electrons. The Hall–Kier alpha value is -1.07. The Morgan fingerprint density at radius 1 is 1.00 bits per heavy atom. The van der Waals surface area contributed by atoms with E-state index in [4.69, 9.17) is 0 Å². The van der Waals surface area contributed by atoms with Crippen molar-refractivity contribution in [3.05, 3.63) is 0 Å². The molecule has 25 heavy (non-hydrogen) atoms. The molecule has 1 unspecified atom stereocenters. The molecule has 1 aliphatic carbocycles. The monoisotopic (exact) mass is 354 g/mol. The van der Waals surface area contributed by atoms with E-state index in [0.29, 0.717) is 31.1 Å². The topological polar surface area (TPSA) is 91.7 Å². The maximum absolute atomic E-state index is 12.9. The van der Waals surface area contributed by atoms with E-state index in [1.807, 2.05) is 27.7 Å². The normalized spacial score (nSPS) is 28.4. The van der Waals surface area contributed by atoms with Crippen LogP contribution in [0.3, 0.4) is 0 Å². The molecule has 0 spiro atoms. The Bertz CT molecular complexity index is 508. The molecule has 0 saturated heterocycles. The molecule has 0 aliphatic heterocycles. The third-order valence-electron chi connectivity index (χ3n) is 5.23. The highest BCUT2D eigenvalue weighted by Gasteiger charge is 2.64. The van der Waals surface area contributed by atoms with Crippen molar-refractivity contribution in [1.29, 1.82) is 0 Å². The van der Waals surface area contributed by atoms with E-state index in [-0.39, 0.29) is 6.42 Å². The summed E-state index contributed by atoms with van der Waals surface area (Å²) in [6, 6.07) is 0. The van der Waals surface area contributed by atoms with Gasteiger partial charge in [-0.1, -0.05) is 48.0 Å². The van der Waals surface area contributed by atoms with Gasteiger partial charge in [0, 0.05) is 5.92 Å². The summed E-state index contributed by atoms with van der Waals surface area (Å²) < 4.78 is 0. The number of aliphatic hydroxyl groups is 2. The Morgan fingerprint density at radius 2 is 1.52 bits per heavy atom. The predicted molar refractivity (Wildman–Crippen MR) is 95.9 cm³/mol. The smallest absolute Gasteiger partial charge is 0.185 e. The van der Waals surface area contributed by atoms with Crippen molar-refractivity contribution in [2.45, 2.75) is 78.9 Å². The van der Waals surface area contributed by atoms with Crippen LogP contribution in [0.4, 0.5) is 0 Å². The molecule has 0 amide bonds. The van der Waals surface area contributed by atoms with Crippen LogP contribution in [0, 0.1) is 29.6 Å². The Kier molecular flexibility index (Phi) is 7.51. The first-order valence-corrected chi connectivity index (χ1v) is 9.46. The van der Waals surface area contributed by atoms with Gasteiger partial charge in [0.25, 0.3) is 0 Å². The molecule has 5 heteroatoms. The summed E-state index contributed by atoms with van der Waals surface area (Å²) in [6.07, 6.45) is 0.483. The molecule has 0 bridgehead atoms. The summed E-state index contributed by atoms with van der Waals surface area (Å²) in [5.41, 5.74) is -2.14. The predicted octanol–water partition coefficient (Wildman–Crippen LogP) is 2.56. The lowest BCUT2D eigenvalue weighted by Gasteiger charge is -2.33. The zero-order valence-corrected chi connectivity index (χ0v) is 16.4. The van der Waals surface area contributed by atoms with Crippen molar-refractivity contribution < 1.29 is 24.6 Å². The van der Waals surface area contributed by atoms with Crippen LogP contribution < -0.4 is 0 Å². The lowest BCUT2D eigenvalue weighted by molar-refractivity contribution is -0.158. The zero-order chi connectivity index (χ0) is 19.5. The fraction of sp³-hybridized carbons (Fsp3) is 0.850. The standard InChI is InChI=1S/C20H34O5/c1-11(2)7-9-14-18(23)16(17(22)13(5)6)19(24)20(14,25)15(21)10-8-12(3)4/h11-16,21,25H,7-10H2,1-6H3/t14-,15-,16?,20-/m0/s1. The van der Waals surface area contributed by atoms with Crippen molar-refractivity contribution in [3.63, 3.8) is 0 Å². The molecule has 1 rings (SSSR count). The first kappa shape index (κ1) is 22.0. The minimum atomic E-state index is -2.14. The highest BCUT2D eigenvalue weighted by Crippen LogP contribution is 2.42. The second-order valence-electron chi connectivity index (χ2n) is 8.59. The number of carbonyl (C=O) groups excluding carboxylic acids is 3. The van der Waals surface area contributed by atoms with E-state index in [2.05, 4.69) is 0 Å². The number of ketones is 3. The molecule has 0 aromatic carbocycles. The minimum absolute atomic E-state index is 0.230. The fourth-order valence-corrected chi connectivity index (χ4v) is 3.52. The van der Waals surface area contributed by atoms with E-state index in [9.17, 15) is 24.6 Å². The fourth-order valence-electron chi connectivity index (χ4n) is 3.52. The molecular weight excluding hydrogens is 320 g/mol. The third-order valence-corrected chi connectivity index (χ3v) is 5.23. The highest BCUT2D eigenvalue weighted by molar-refractivity contribution is 6.27. The van der Waals surface area contributed by atoms with Crippen molar-refractivity contribution in [1.82, 2.24) is 0 Å². The van der Waals surface area contributed by atoms with Gasteiger partial charge in [-0.3, -0.25) is 14.4 Å². The van der Waals surface area contributed by atoms with Gasteiger partial charge in [0.2, 0.25) is 0 Å². The molecule has 0 aromatic rings. The van der Waals surface area contributed by atoms with Gasteiger partial charge in [0.1, 0.15) is 5.92 Å². The third kappa shape index (κ3) is 4.56. The van der Waals surface area contributed by atoms with Gasteiger partial charge in [-0.2, -0.15) is 0 Å². The van der Waals surface area contributed by atoms with Gasteiger partial charge in [0.05, 0.1) is 12.0 Å². The van der Waals surface area contributed by atoms with Crippen LogP contribution in [0.1, 0.15) is 67.2 Å². The average Bonchev–Trinajstić information content (AvgIpc) is 2.69. The molecular formula is C20H34O5. The lowest BCUT2D eigenvalue weighted by Crippen LogP contribution is -2.52. The number of carbonyl (C=O) groups is 3. The first-order chi connectivity index (χ1) is 11.4. The molecule has 0 radical (unpaired) electrons.